The Morgan fingerprint density at radius 1 is 1.26 bits per heavy atom. The second-order valence-electron chi connectivity index (χ2n) is 5.91. The summed E-state index contributed by atoms with van der Waals surface area (Å²) in [6.07, 6.45) is 5.08. The summed E-state index contributed by atoms with van der Waals surface area (Å²) in [6, 6.07) is 7.74. The molecule has 0 radical (unpaired) electrons. The van der Waals surface area contributed by atoms with Gasteiger partial charge in [-0.15, -0.1) is 0 Å². The van der Waals surface area contributed by atoms with E-state index in [4.69, 9.17) is 4.52 Å². The second kappa shape index (κ2) is 6.87. The first-order valence-corrected chi connectivity index (χ1v) is 8.12. The molecule has 3 heterocycles. The zero-order valence-corrected chi connectivity index (χ0v) is 14.3. The number of aromatic amines is 1. The molecule has 0 unspecified atom stereocenters. The number of nitrogens with one attached hydrogen (secondary N) is 2. The van der Waals surface area contributed by atoms with Crippen molar-refractivity contribution in [2.45, 2.75) is 6.54 Å². The normalized spacial score (nSPS) is 10.9. The Bertz CT molecular complexity index is 1080. The van der Waals surface area contributed by atoms with Crippen molar-refractivity contribution in [1.29, 1.82) is 0 Å². The lowest BCUT2D eigenvalue weighted by atomic mass is 10.1. The molecule has 1 aromatic carbocycles. The van der Waals surface area contributed by atoms with Gasteiger partial charge in [0.05, 0.1) is 18.3 Å². The van der Waals surface area contributed by atoms with Gasteiger partial charge >= 0.3 is 0 Å². The van der Waals surface area contributed by atoms with Crippen molar-refractivity contribution in [1.82, 2.24) is 30.2 Å². The van der Waals surface area contributed by atoms with Gasteiger partial charge in [0.1, 0.15) is 11.5 Å². The number of nitrogens with zero attached hydrogens (tertiary/aromatic N) is 4. The minimum absolute atomic E-state index is 0.0942. The molecular weight excluding hydrogens is 351 g/mol. The maximum absolute atomic E-state index is 13.0. The molecule has 0 saturated heterocycles. The van der Waals surface area contributed by atoms with E-state index in [1.54, 1.807) is 48.5 Å². The van der Waals surface area contributed by atoms with Crippen LogP contribution in [-0.2, 0) is 13.6 Å². The van der Waals surface area contributed by atoms with Crippen LogP contribution in [0.15, 0.2) is 53.4 Å². The fraction of sp³-hybridized carbons (Fsp3) is 0.111. The lowest BCUT2D eigenvalue weighted by Gasteiger charge is -1.99. The third-order valence-corrected chi connectivity index (χ3v) is 3.94. The Morgan fingerprint density at radius 3 is 2.81 bits per heavy atom. The fourth-order valence-electron chi connectivity index (χ4n) is 2.57. The van der Waals surface area contributed by atoms with Gasteiger partial charge in [-0.2, -0.15) is 10.1 Å². The van der Waals surface area contributed by atoms with Crippen LogP contribution >= 0.6 is 0 Å². The summed E-state index contributed by atoms with van der Waals surface area (Å²) >= 11 is 0. The molecule has 1 amide bonds. The van der Waals surface area contributed by atoms with Crippen molar-refractivity contribution in [3.8, 4) is 22.5 Å². The Kier molecular flexibility index (Phi) is 4.25. The minimum atomic E-state index is -0.315. The largest absolute Gasteiger partial charge is 0.357 e. The summed E-state index contributed by atoms with van der Waals surface area (Å²) in [7, 11) is 1.79. The van der Waals surface area contributed by atoms with Gasteiger partial charge in [-0.25, -0.2) is 4.39 Å². The van der Waals surface area contributed by atoms with Crippen molar-refractivity contribution in [3.05, 3.63) is 66.3 Å². The highest BCUT2D eigenvalue weighted by molar-refractivity contribution is 5.93. The number of halogens is 1. The first-order chi connectivity index (χ1) is 13.1. The third-order valence-electron chi connectivity index (χ3n) is 3.94. The number of hydrogen-bond donors (Lipinski definition) is 2. The Morgan fingerprint density at radius 2 is 2.07 bits per heavy atom. The first-order valence-electron chi connectivity index (χ1n) is 8.12. The molecule has 4 rings (SSSR count). The van der Waals surface area contributed by atoms with E-state index in [1.165, 1.54) is 12.1 Å². The van der Waals surface area contributed by atoms with E-state index in [0.717, 1.165) is 16.7 Å². The van der Waals surface area contributed by atoms with Crippen LogP contribution in [0.1, 0.15) is 16.4 Å². The van der Waals surface area contributed by atoms with E-state index in [2.05, 4.69) is 25.5 Å². The summed E-state index contributed by atoms with van der Waals surface area (Å²) in [5, 5.41) is 10.6. The maximum Gasteiger partial charge on any atom is 0.268 e. The van der Waals surface area contributed by atoms with Crippen LogP contribution in [0.25, 0.3) is 22.5 Å². The molecule has 0 saturated carbocycles. The highest BCUT2D eigenvalue weighted by Gasteiger charge is 2.13. The number of carbonyl (C=O) groups is 1. The number of H-pyrrole nitrogens is 1. The number of amides is 1. The van der Waals surface area contributed by atoms with Crippen molar-refractivity contribution in [2.24, 2.45) is 7.05 Å². The van der Waals surface area contributed by atoms with Crippen LogP contribution in [0.5, 0.6) is 0 Å². The zero-order chi connectivity index (χ0) is 18.8. The van der Waals surface area contributed by atoms with Crippen LogP contribution in [0.4, 0.5) is 4.39 Å². The van der Waals surface area contributed by atoms with Gasteiger partial charge in [-0.1, -0.05) is 17.3 Å². The quantitative estimate of drug-likeness (QED) is 0.565. The number of aryl methyl sites for hydroxylation is 1. The van der Waals surface area contributed by atoms with Gasteiger partial charge in [-0.05, 0) is 29.3 Å². The molecule has 2 N–H and O–H groups in total. The van der Waals surface area contributed by atoms with Crippen molar-refractivity contribution < 1.29 is 13.7 Å². The van der Waals surface area contributed by atoms with Gasteiger partial charge < -0.3 is 14.8 Å². The summed E-state index contributed by atoms with van der Waals surface area (Å²) in [4.78, 5) is 19.4. The second-order valence-corrected chi connectivity index (χ2v) is 5.91. The molecule has 136 valence electrons. The van der Waals surface area contributed by atoms with Gasteiger partial charge in [0.2, 0.25) is 11.7 Å². The van der Waals surface area contributed by atoms with Crippen LogP contribution in [-0.4, -0.2) is 30.8 Å². The number of benzene rings is 1. The molecule has 0 atom stereocenters. The van der Waals surface area contributed by atoms with Gasteiger partial charge in [0, 0.05) is 19.4 Å². The molecule has 0 fully saturated rings. The SMILES string of the molecule is Cn1cc(-c2noc(CNC(=O)c3cc(-c4ccc(F)cc4)c[nH]3)n2)cn1. The van der Waals surface area contributed by atoms with Crippen molar-refractivity contribution >= 4 is 5.91 Å². The molecule has 3 aromatic heterocycles. The average molecular weight is 366 g/mol. The molecule has 8 nitrogen and oxygen atoms in total. The molecule has 0 aliphatic rings. The fourth-order valence-corrected chi connectivity index (χ4v) is 2.57. The number of aromatic nitrogens is 5. The molecule has 0 aliphatic carbocycles. The van der Waals surface area contributed by atoms with Crippen molar-refractivity contribution in [2.75, 3.05) is 0 Å². The zero-order valence-electron chi connectivity index (χ0n) is 14.3. The molecule has 4 aromatic rings. The summed E-state index contributed by atoms with van der Waals surface area (Å²) in [5.41, 5.74) is 2.70. The summed E-state index contributed by atoms with van der Waals surface area (Å²) < 4.78 is 19.8. The highest BCUT2D eigenvalue weighted by Crippen LogP contribution is 2.20. The van der Waals surface area contributed by atoms with E-state index in [9.17, 15) is 9.18 Å². The topological polar surface area (TPSA) is 102 Å². The molecule has 0 spiro atoms. The lowest BCUT2D eigenvalue weighted by molar-refractivity contribution is 0.0942. The standard InChI is InChI=1S/C18H15FN6O2/c1-25-10-13(8-22-25)17-23-16(27-24-17)9-21-18(26)15-6-12(7-20-15)11-2-4-14(19)5-3-11/h2-8,10,20H,9H2,1H3,(H,21,26). The van der Waals surface area contributed by atoms with Gasteiger partial charge in [0.25, 0.3) is 5.91 Å². The molecule has 0 aliphatic heterocycles. The summed E-state index contributed by atoms with van der Waals surface area (Å²) in [6.45, 7) is 0.0942. The Balaban J connectivity index is 1.40. The van der Waals surface area contributed by atoms with E-state index in [-0.39, 0.29) is 24.2 Å². The van der Waals surface area contributed by atoms with Crippen LogP contribution < -0.4 is 5.32 Å². The van der Waals surface area contributed by atoms with Crippen molar-refractivity contribution in [3.63, 3.8) is 0 Å². The number of rotatable bonds is 5. The van der Waals surface area contributed by atoms with E-state index in [1.807, 2.05) is 0 Å². The van der Waals surface area contributed by atoms with E-state index >= 15 is 0 Å². The maximum atomic E-state index is 13.0. The number of hydrogen-bond acceptors (Lipinski definition) is 5. The average Bonchev–Trinajstić information content (AvgIpc) is 3.40. The highest BCUT2D eigenvalue weighted by atomic mass is 19.1. The van der Waals surface area contributed by atoms with Crippen LogP contribution in [0.3, 0.4) is 0 Å². The summed E-state index contributed by atoms with van der Waals surface area (Å²) in [5.74, 6) is 0.0697. The smallest absolute Gasteiger partial charge is 0.268 e. The molecule has 27 heavy (non-hydrogen) atoms. The molecular formula is C18H15FN6O2. The van der Waals surface area contributed by atoms with E-state index in [0.29, 0.717) is 11.5 Å². The third kappa shape index (κ3) is 3.61. The number of carbonyl (C=O) groups excluding carboxylic acids is 1. The van der Waals surface area contributed by atoms with Gasteiger partial charge in [0.15, 0.2) is 0 Å². The predicted octanol–water partition coefficient (Wildman–Crippen LogP) is 2.53. The monoisotopic (exact) mass is 366 g/mol. The first kappa shape index (κ1) is 16.7. The van der Waals surface area contributed by atoms with Crippen LogP contribution in [0.2, 0.25) is 0 Å². The van der Waals surface area contributed by atoms with Gasteiger partial charge in [-0.3, -0.25) is 9.48 Å². The lowest BCUT2D eigenvalue weighted by Crippen LogP contribution is -2.23. The Hall–Kier alpha value is -3.75. The Labute approximate surface area is 153 Å². The molecule has 9 heteroatoms. The minimum Gasteiger partial charge on any atom is -0.357 e. The predicted molar refractivity (Wildman–Crippen MR) is 93.9 cm³/mol. The molecule has 0 bridgehead atoms. The van der Waals surface area contributed by atoms with Crippen LogP contribution in [0, 0.1) is 5.82 Å². The van der Waals surface area contributed by atoms with E-state index < -0.39 is 0 Å².